The molecule has 2 N–H and O–H groups in total. The van der Waals surface area contributed by atoms with Crippen molar-refractivity contribution in [3.8, 4) is 0 Å². The van der Waals surface area contributed by atoms with Crippen LogP contribution in [0.1, 0.15) is 28.8 Å². The van der Waals surface area contributed by atoms with Crippen LogP contribution in [0, 0.1) is 6.92 Å². The molecule has 1 aromatic heterocycles. The van der Waals surface area contributed by atoms with E-state index >= 15 is 0 Å². The molecule has 2 aliphatic heterocycles. The minimum atomic E-state index is -0.240. The number of carbonyl (C=O) groups excluding carboxylic acids is 1. The number of hydrazine groups is 1. The lowest BCUT2D eigenvalue weighted by molar-refractivity contribution is 0.0962. The number of rotatable bonds is 5. The van der Waals surface area contributed by atoms with Crippen LogP contribution in [0.4, 0.5) is 17.8 Å². The van der Waals surface area contributed by atoms with Gasteiger partial charge in [0.1, 0.15) is 0 Å². The average Bonchev–Trinajstić information content (AvgIpc) is 3.28. The minimum absolute atomic E-state index is 0.240. The summed E-state index contributed by atoms with van der Waals surface area (Å²) in [4.78, 5) is 30.3. The van der Waals surface area contributed by atoms with E-state index in [-0.39, 0.29) is 5.91 Å². The molecule has 0 bridgehead atoms. The zero-order chi connectivity index (χ0) is 19.3. The zero-order valence-electron chi connectivity index (χ0n) is 16.0. The lowest BCUT2D eigenvalue weighted by atomic mass is 10.1. The highest BCUT2D eigenvalue weighted by Gasteiger charge is 2.21. The fraction of sp³-hybridized carbons (Fsp3) is 0.474. The van der Waals surface area contributed by atoms with E-state index in [4.69, 9.17) is 4.74 Å². The van der Waals surface area contributed by atoms with Crippen molar-refractivity contribution in [2.24, 2.45) is 0 Å². The summed E-state index contributed by atoms with van der Waals surface area (Å²) in [6.45, 7) is 6.62. The quantitative estimate of drug-likeness (QED) is 0.748. The van der Waals surface area contributed by atoms with Crippen LogP contribution in [0.3, 0.4) is 0 Å². The van der Waals surface area contributed by atoms with Gasteiger partial charge in [0.05, 0.1) is 13.2 Å². The number of nitrogens with one attached hydrogen (secondary N) is 2. The summed E-state index contributed by atoms with van der Waals surface area (Å²) in [5.74, 6) is 1.34. The highest BCUT2D eigenvalue weighted by Crippen LogP contribution is 2.20. The Morgan fingerprint density at radius 1 is 0.929 bits per heavy atom. The van der Waals surface area contributed by atoms with Gasteiger partial charge in [0.15, 0.2) is 0 Å². The Kier molecular flexibility index (Phi) is 5.52. The molecule has 0 saturated carbocycles. The number of ether oxygens (including phenoxy) is 1. The second-order valence-corrected chi connectivity index (χ2v) is 7.00. The molecular weight excluding hydrogens is 358 g/mol. The molecule has 0 spiro atoms. The van der Waals surface area contributed by atoms with Crippen LogP contribution >= 0.6 is 0 Å². The molecule has 3 heterocycles. The van der Waals surface area contributed by atoms with Crippen molar-refractivity contribution in [1.29, 1.82) is 0 Å². The number of carbonyl (C=O) groups is 1. The first kappa shape index (κ1) is 18.4. The number of aryl methyl sites for hydroxylation is 1. The Labute approximate surface area is 164 Å². The lowest BCUT2D eigenvalue weighted by Gasteiger charge is -2.28. The van der Waals surface area contributed by atoms with E-state index in [0.29, 0.717) is 36.6 Å². The maximum atomic E-state index is 12.4. The van der Waals surface area contributed by atoms with E-state index in [1.54, 1.807) is 12.1 Å². The molecule has 0 atom stereocenters. The normalized spacial score (nSPS) is 16.9. The number of hydrogen-bond acceptors (Lipinski definition) is 8. The van der Waals surface area contributed by atoms with Gasteiger partial charge >= 0.3 is 0 Å². The van der Waals surface area contributed by atoms with Gasteiger partial charge in [0.25, 0.3) is 5.91 Å². The summed E-state index contributed by atoms with van der Waals surface area (Å²) in [5.41, 5.74) is 7.21. The monoisotopic (exact) mass is 383 g/mol. The van der Waals surface area contributed by atoms with Crippen LogP contribution < -0.4 is 20.7 Å². The van der Waals surface area contributed by atoms with Crippen LogP contribution in [0.15, 0.2) is 24.3 Å². The van der Waals surface area contributed by atoms with Gasteiger partial charge < -0.3 is 14.5 Å². The molecule has 2 aliphatic rings. The number of nitrogens with zero attached hydrogens (tertiary/aromatic N) is 5. The molecular formula is C19H25N7O2. The molecule has 0 unspecified atom stereocenters. The number of amides is 1. The van der Waals surface area contributed by atoms with E-state index in [0.717, 1.165) is 44.6 Å². The maximum absolute atomic E-state index is 12.4. The van der Waals surface area contributed by atoms with Gasteiger partial charge in [-0.25, -0.2) is 0 Å². The Hall–Kier alpha value is -2.94. The molecule has 9 heteroatoms. The second kappa shape index (κ2) is 8.39. The Morgan fingerprint density at radius 2 is 1.54 bits per heavy atom. The Bertz CT molecular complexity index is 816. The number of hydrogen-bond donors (Lipinski definition) is 2. The third kappa shape index (κ3) is 4.30. The molecule has 2 saturated heterocycles. The van der Waals surface area contributed by atoms with Gasteiger partial charge in [0.2, 0.25) is 17.8 Å². The maximum Gasteiger partial charge on any atom is 0.269 e. The predicted octanol–water partition coefficient (Wildman–Crippen LogP) is 1.37. The predicted molar refractivity (Wildman–Crippen MR) is 107 cm³/mol. The number of morpholine rings is 1. The SMILES string of the molecule is Cc1ccc(C(=O)NNc2nc(N3CCCC3)nc(N3CCOCC3)n2)cc1. The molecule has 148 valence electrons. The summed E-state index contributed by atoms with van der Waals surface area (Å²) >= 11 is 0. The van der Waals surface area contributed by atoms with Gasteiger partial charge in [-0.2, -0.15) is 15.0 Å². The van der Waals surface area contributed by atoms with Crippen molar-refractivity contribution >= 4 is 23.8 Å². The first-order valence-corrected chi connectivity index (χ1v) is 9.66. The van der Waals surface area contributed by atoms with Gasteiger partial charge in [-0.3, -0.25) is 15.6 Å². The fourth-order valence-corrected chi connectivity index (χ4v) is 3.26. The van der Waals surface area contributed by atoms with Gasteiger partial charge in [-0.15, -0.1) is 0 Å². The molecule has 4 rings (SSSR count). The van der Waals surface area contributed by atoms with Gasteiger partial charge in [0, 0.05) is 31.7 Å². The smallest absolute Gasteiger partial charge is 0.269 e. The third-order valence-corrected chi connectivity index (χ3v) is 4.90. The fourth-order valence-electron chi connectivity index (χ4n) is 3.26. The van der Waals surface area contributed by atoms with E-state index in [9.17, 15) is 4.79 Å². The van der Waals surface area contributed by atoms with E-state index in [2.05, 4.69) is 35.6 Å². The first-order chi connectivity index (χ1) is 13.7. The van der Waals surface area contributed by atoms with Crippen molar-refractivity contribution in [3.63, 3.8) is 0 Å². The molecule has 0 radical (unpaired) electrons. The standard InChI is InChI=1S/C19H25N7O2/c1-14-4-6-15(7-5-14)16(27)23-24-17-20-18(25-8-2-3-9-25)22-19(21-17)26-10-12-28-13-11-26/h4-7H,2-3,8-13H2,1H3,(H,23,27)(H,20,21,22,24). The van der Waals surface area contributed by atoms with Crippen molar-refractivity contribution in [2.75, 3.05) is 54.6 Å². The molecule has 1 aromatic carbocycles. The van der Waals surface area contributed by atoms with E-state index < -0.39 is 0 Å². The number of benzene rings is 1. The Morgan fingerprint density at radius 3 is 2.18 bits per heavy atom. The number of aromatic nitrogens is 3. The van der Waals surface area contributed by atoms with Crippen LogP contribution in [0.25, 0.3) is 0 Å². The van der Waals surface area contributed by atoms with Crippen LogP contribution in [0.5, 0.6) is 0 Å². The van der Waals surface area contributed by atoms with Gasteiger partial charge in [-0.1, -0.05) is 17.7 Å². The first-order valence-electron chi connectivity index (χ1n) is 9.66. The molecule has 28 heavy (non-hydrogen) atoms. The van der Waals surface area contributed by atoms with Crippen molar-refractivity contribution in [1.82, 2.24) is 20.4 Å². The topological polar surface area (TPSA) is 95.5 Å². The average molecular weight is 383 g/mol. The zero-order valence-corrected chi connectivity index (χ0v) is 16.0. The summed E-state index contributed by atoms with van der Waals surface area (Å²) in [7, 11) is 0. The van der Waals surface area contributed by atoms with Gasteiger partial charge in [-0.05, 0) is 31.9 Å². The van der Waals surface area contributed by atoms with Crippen LogP contribution in [0.2, 0.25) is 0 Å². The summed E-state index contributed by atoms with van der Waals surface area (Å²) in [6, 6.07) is 7.38. The molecule has 2 aromatic rings. The highest BCUT2D eigenvalue weighted by atomic mass is 16.5. The molecule has 1 amide bonds. The molecule has 9 nitrogen and oxygen atoms in total. The summed E-state index contributed by atoms with van der Waals surface area (Å²) < 4.78 is 5.42. The second-order valence-electron chi connectivity index (χ2n) is 7.00. The van der Waals surface area contributed by atoms with Crippen LogP contribution in [-0.2, 0) is 4.74 Å². The number of anilines is 3. The summed E-state index contributed by atoms with van der Waals surface area (Å²) in [5, 5.41) is 0. The third-order valence-electron chi connectivity index (χ3n) is 4.90. The van der Waals surface area contributed by atoms with Crippen LogP contribution in [-0.4, -0.2) is 60.3 Å². The molecule has 0 aliphatic carbocycles. The summed E-state index contributed by atoms with van der Waals surface area (Å²) in [6.07, 6.45) is 2.26. The van der Waals surface area contributed by atoms with Crippen molar-refractivity contribution in [3.05, 3.63) is 35.4 Å². The van der Waals surface area contributed by atoms with E-state index in [1.165, 1.54) is 0 Å². The molecule has 2 fully saturated rings. The van der Waals surface area contributed by atoms with Crippen molar-refractivity contribution in [2.45, 2.75) is 19.8 Å². The minimum Gasteiger partial charge on any atom is -0.378 e. The van der Waals surface area contributed by atoms with Crippen molar-refractivity contribution < 1.29 is 9.53 Å². The lowest BCUT2D eigenvalue weighted by Crippen LogP contribution is -2.38. The Balaban J connectivity index is 1.51. The largest absolute Gasteiger partial charge is 0.378 e. The highest BCUT2D eigenvalue weighted by molar-refractivity contribution is 5.94. The van der Waals surface area contributed by atoms with E-state index in [1.807, 2.05) is 19.1 Å².